The maximum atomic E-state index is 11.6. The minimum absolute atomic E-state index is 0.0241. The predicted molar refractivity (Wildman–Crippen MR) is 130 cm³/mol. The summed E-state index contributed by atoms with van der Waals surface area (Å²) in [5.41, 5.74) is 3.75. The highest BCUT2D eigenvalue weighted by atomic mass is 32.3. The molecule has 0 aliphatic carbocycles. The van der Waals surface area contributed by atoms with Crippen molar-refractivity contribution in [2.24, 2.45) is 0 Å². The van der Waals surface area contributed by atoms with Crippen molar-refractivity contribution in [2.75, 3.05) is 6.54 Å². The van der Waals surface area contributed by atoms with Gasteiger partial charge in [-0.25, -0.2) is 0 Å². The molecule has 7 heteroatoms. The average Bonchev–Trinajstić information content (AvgIpc) is 2.88. The normalized spacial score (nSPS) is 19.6. The van der Waals surface area contributed by atoms with Gasteiger partial charge in [0.1, 0.15) is 16.7 Å². The first-order valence-electron chi connectivity index (χ1n) is 10.9. The van der Waals surface area contributed by atoms with Crippen molar-refractivity contribution < 1.29 is 23.7 Å². The van der Waals surface area contributed by atoms with E-state index >= 15 is 0 Å². The minimum atomic E-state index is -3.26. The van der Waals surface area contributed by atoms with Gasteiger partial charge in [-0.1, -0.05) is 60.7 Å². The van der Waals surface area contributed by atoms with Crippen molar-refractivity contribution >= 4 is 16.7 Å². The van der Waals surface area contributed by atoms with Crippen LogP contribution in [0, 0.1) is 6.92 Å². The quantitative estimate of drug-likeness (QED) is 0.418. The Bertz CT molecular complexity index is 1130. The van der Waals surface area contributed by atoms with Crippen LogP contribution in [0.4, 0.5) is 0 Å². The number of hydrogen-bond acceptors (Lipinski definition) is 5. The third kappa shape index (κ3) is 5.07. The fourth-order valence-electron chi connectivity index (χ4n) is 4.27. The van der Waals surface area contributed by atoms with Crippen molar-refractivity contribution in [3.05, 3.63) is 95.1 Å². The molecule has 0 saturated carbocycles. The largest absolute Gasteiger partial charge is 0.487 e. The second-order valence-corrected chi connectivity index (χ2v) is 10.5. The first kappa shape index (κ1) is 23.3. The maximum Gasteiger partial charge on any atom is 0.304 e. The standard InChI is InChI=1S/C26H29NO5S/c1-18-12-13-21(23(15-26(28)29)20-8-4-3-5-9-20)14-22(18)17-27-16-19(2)32-24-10-6-7-11-25(24)33(27,30)31/h3-14,19,23,30-31H,15-17H2,1-2H3,(H,28,29)/t19-,23?/m1/s1. The molecule has 0 saturated heterocycles. The van der Waals surface area contributed by atoms with E-state index in [0.29, 0.717) is 23.7 Å². The second kappa shape index (κ2) is 9.57. The van der Waals surface area contributed by atoms with Gasteiger partial charge in [-0.3, -0.25) is 13.9 Å². The number of ether oxygens (including phenoxy) is 1. The zero-order valence-corrected chi connectivity index (χ0v) is 19.5. The number of carboxylic acids is 1. The lowest BCUT2D eigenvalue weighted by Crippen LogP contribution is -2.33. The zero-order chi connectivity index (χ0) is 23.6. The Morgan fingerprint density at radius 3 is 2.48 bits per heavy atom. The average molecular weight is 468 g/mol. The van der Waals surface area contributed by atoms with Crippen molar-refractivity contribution in [1.29, 1.82) is 0 Å². The highest BCUT2D eigenvalue weighted by Crippen LogP contribution is 2.57. The van der Waals surface area contributed by atoms with Gasteiger partial charge in [-0.05, 0) is 48.2 Å². The van der Waals surface area contributed by atoms with Gasteiger partial charge in [0.15, 0.2) is 0 Å². The number of carbonyl (C=O) groups is 1. The van der Waals surface area contributed by atoms with Crippen LogP contribution in [-0.2, 0) is 11.3 Å². The summed E-state index contributed by atoms with van der Waals surface area (Å²) < 4.78 is 30.1. The van der Waals surface area contributed by atoms with Gasteiger partial charge in [0, 0.05) is 12.5 Å². The van der Waals surface area contributed by atoms with Gasteiger partial charge in [0.05, 0.1) is 13.0 Å². The molecule has 1 aliphatic heterocycles. The van der Waals surface area contributed by atoms with E-state index in [0.717, 1.165) is 22.3 Å². The van der Waals surface area contributed by atoms with Gasteiger partial charge < -0.3 is 9.84 Å². The van der Waals surface area contributed by atoms with E-state index < -0.39 is 16.7 Å². The van der Waals surface area contributed by atoms with Crippen molar-refractivity contribution in [2.45, 2.75) is 43.7 Å². The van der Waals surface area contributed by atoms with E-state index in [9.17, 15) is 19.0 Å². The number of rotatable bonds is 6. The monoisotopic (exact) mass is 467 g/mol. The molecule has 3 aromatic carbocycles. The third-order valence-electron chi connectivity index (χ3n) is 6.00. The van der Waals surface area contributed by atoms with E-state index in [1.807, 2.05) is 68.4 Å². The van der Waals surface area contributed by atoms with E-state index in [2.05, 4.69) is 0 Å². The first-order valence-corrected chi connectivity index (χ1v) is 12.4. The van der Waals surface area contributed by atoms with Gasteiger partial charge >= 0.3 is 5.97 Å². The number of nitrogens with zero attached hydrogens (tertiary/aromatic N) is 1. The SMILES string of the molecule is Cc1ccc(C(CC(=O)O)c2ccccc2)cc1CN1C[C@@H](C)Oc2ccccc2S1(O)O. The summed E-state index contributed by atoms with van der Waals surface area (Å²) in [6.45, 7) is 4.54. The number of para-hydroxylation sites is 1. The third-order valence-corrected chi connectivity index (χ3v) is 7.92. The summed E-state index contributed by atoms with van der Waals surface area (Å²) in [6.07, 6.45) is -0.253. The fraction of sp³-hybridized carbons (Fsp3) is 0.269. The molecule has 4 rings (SSSR count). The van der Waals surface area contributed by atoms with Gasteiger partial charge in [0.25, 0.3) is 0 Å². The van der Waals surface area contributed by atoms with Crippen LogP contribution in [0.3, 0.4) is 0 Å². The highest BCUT2D eigenvalue weighted by Gasteiger charge is 2.34. The summed E-state index contributed by atoms with van der Waals surface area (Å²) in [5, 5.41) is 9.53. The molecule has 174 valence electrons. The van der Waals surface area contributed by atoms with Crippen LogP contribution in [0.1, 0.15) is 41.5 Å². The lowest BCUT2D eigenvalue weighted by Gasteiger charge is -2.42. The Kier molecular flexibility index (Phi) is 6.76. The molecule has 0 aromatic heterocycles. The Morgan fingerprint density at radius 2 is 1.76 bits per heavy atom. The number of aliphatic carboxylic acids is 1. The van der Waals surface area contributed by atoms with E-state index in [1.165, 1.54) is 0 Å². The molecule has 0 radical (unpaired) electrons. The number of aryl methyl sites for hydroxylation is 1. The van der Waals surface area contributed by atoms with Crippen LogP contribution < -0.4 is 4.74 Å². The molecule has 1 aliphatic rings. The van der Waals surface area contributed by atoms with Gasteiger partial charge in [-0.2, -0.15) is 4.31 Å². The molecular weight excluding hydrogens is 438 g/mol. The number of fused-ring (bicyclic) bond motifs is 1. The Hall–Kier alpha value is -2.84. The smallest absolute Gasteiger partial charge is 0.304 e. The molecular formula is C26H29NO5S. The number of benzene rings is 3. The lowest BCUT2D eigenvalue weighted by atomic mass is 9.87. The lowest BCUT2D eigenvalue weighted by molar-refractivity contribution is -0.137. The molecule has 0 fully saturated rings. The number of carboxylic acid groups (broad SMARTS) is 1. The van der Waals surface area contributed by atoms with Crippen molar-refractivity contribution in [1.82, 2.24) is 4.31 Å². The molecule has 2 atom stereocenters. The molecule has 1 unspecified atom stereocenters. The highest BCUT2D eigenvalue weighted by molar-refractivity contribution is 8.22. The molecule has 0 spiro atoms. The fourth-order valence-corrected chi connectivity index (χ4v) is 5.93. The van der Waals surface area contributed by atoms with Crippen molar-refractivity contribution in [3.8, 4) is 5.75 Å². The predicted octanol–water partition coefficient (Wildman–Crippen LogP) is 5.91. The van der Waals surface area contributed by atoms with E-state index in [1.54, 1.807) is 22.5 Å². The molecule has 33 heavy (non-hydrogen) atoms. The Morgan fingerprint density at radius 1 is 1.06 bits per heavy atom. The maximum absolute atomic E-state index is 11.6. The zero-order valence-electron chi connectivity index (χ0n) is 18.7. The van der Waals surface area contributed by atoms with E-state index in [-0.39, 0.29) is 18.4 Å². The van der Waals surface area contributed by atoms with E-state index in [4.69, 9.17) is 4.74 Å². The summed E-state index contributed by atoms with van der Waals surface area (Å²) in [7, 11) is -3.26. The van der Waals surface area contributed by atoms with Crippen LogP contribution in [0.2, 0.25) is 0 Å². The molecule has 0 amide bonds. The van der Waals surface area contributed by atoms with Crippen LogP contribution in [0.15, 0.2) is 77.7 Å². The van der Waals surface area contributed by atoms with Crippen LogP contribution >= 0.6 is 10.8 Å². The second-order valence-electron chi connectivity index (χ2n) is 8.46. The summed E-state index contributed by atoms with van der Waals surface area (Å²) in [4.78, 5) is 12.0. The molecule has 0 bridgehead atoms. The Balaban J connectivity index is 1.70. The van der Waals surface area contributed by atoms with Crippen LogP contribution in [-0.4, -0.2) is 37.1 Å². The molecule has 6 nitrogen and oxygen atoms in total. The molecule has 3 N–H and O–H groups in total. The van der Waals surface area contributed by atoms with Gasteiger partial charge in [-0.15, -0.1) is 10.8 Å². The van der Waals surface area contributed by atoms with Crippen molar-refractivity contribution in [3.63, 3.8) is 0 Å². The summed E-state index contributed by atoms with van der Waals surface area (Å²) in [6, 6.07) is 22.6. The molecule has 3 aromatic rings. The van der Waals surface area contributed by atoms with Crippen LogP contribution in [0.5, 0.6) is 5.75 Å². The summed E-state index contributed by atoms with van der Waals surface area (Å²) >= 11 is 0. The van der Waals surface area contributed by atoms with Crippen LogP contribution in [0.25, 0.3) is 0 Å². The first-order chi connectivity index (χ1) is 15.8. The van der Waals surface area contributed by atoms with Gasteiger partial charge in [0.2, 0.25) is 0 Å². The summed E-state index contributed by atoms with van der Waals surface area (Å²) in [5.74, 6) is -0.672. The number of hydrogen-bond donors (Lipinski definition) is 3. The minimum Gasteiger partial charge on any atom is -0.487 e. The topological polar surface area (TPSA) is 90.2 Å². The Labute approximate surface area is 195 Å². The molecule has 1 heterocycles.